The Hall–Kier alpha value is -3.96. The maximum Gasteiger partial charge on any atom is 0.120 e. The molecule has 0 saturated carbocycles. The molecule has 4 aromatic carbocycles. The molecule has 45 heavy (non-hydrogen) atoms. The lowest BCUT2D eigenvalue weighted by Gasteiger charge is -2.25. The summed E-state index contributed by atoms with van der Waals surface area (Å²) in [4.78, 5) is 0. The Morgan fingerprint density at radius 1 is 0.578 bits per heavy atom. The van der Waals surface area contributed by atoms with Crippen LogP contribution in [0.25, 0.3) is 11.1 Å². The van der Waals surface area contributed by atoms with E-state index < -0.39 is 0 Å². The Kier molecular flexibility index (Phi) is 9.50. The van der Waals surface area contributed by atoms with E-state index in [-0.39, 0.29) is 17.0 Å². The molecule has 0 fully saturated rings. The SMILES string of the molecule is CC(C)(C)Oc1ccc2c(c1)CCC(Br)=C2c1ccc(O)cc1.CC(C)(C)Oc1ccc2c(c1)CCC=C2c1ccc(O)cc1. The first kappa shape index (κ1) is 32.4. The number of aromatic hydroxyl groups is 2. The molecule has 4 aromatic rings. The lowest BCUT2D eigenvalue weighted by molar-refractivity contribution is 0.130. The molecule has 0 saturated heterocycles. The van der Waals surface area contributed by atoms with Gasteiger partial charge in [-0.05, 0) is 160 Å². The van der Waals surface area contributed by atoms with Crippen molar-refractivity contribution >= 4 is 27.1 Å². The second-order valence-corrected chi connectivity index (χ2v) is 14.6. The Balaban J connectivity index is 0.000000178. The number of ether oxygens (including phenoxy) is 2. The normalized spacial score (nSPS) is 14.4. The fourth-order valence-corrected chi connectivity index (χ4v) is 6.39. The Bertz CT molecular complexity index is 1720. The number of halogens is 1. The highest BCUT2D eigenvalue weighted by Crippen LogP contribution is 2.40. The highest BCUT2D eigenvalue weighted by atomic mass is 79.9. The van der Waals surface area contributed by atoms with Crippen LogP contribution in [0.15, 0.2) is 95.5 Å². The largest absolute Gasteiger partial charge is 0.508 e. The number of rotatable bonds is 4. The molecule has 0 unspecified atom stereocenters. The molecule has 2 aliphatic carbocycles. The molecule has 2 aliphatic rings. The number of allylic oxidation sites excluding steroid dienone is 2. The van der Waals surface area contributed by atoms with Gasteiger partial charge in [-0.1, -0.05) is 58.4 Å². The molecule has 4 nitrogen and oxygen atoms in total. The van der Waals surface area contributed by atoms with E-state index in [0.29, 0.717) is 5.75 Å². The van der Waals surface area contributed by atoms with E-state index in [4.69, 9.17) is 9.47 Å². The molecular weight excluding hydrogens is 624 g/mol. The zero-order valence-corrected chi connectivity index (χ0v) is 28.7. The lowest BCUT2D eigenvalue weighted by Crippen LogP contribution is -2.23. The maximum atomic E-state index is 9.52. The number of hydrogen-bond donors (Lipinski definition) is 2. The summed E-state index contributed by atoms with van der Waals surface area (Å²) in [5, 5.41) is 19.0. The molecular formula is C40H43BrO4. The average molecular weight is 668 g/mol. The Morgan fingerprint density at radius 2 is 1.07 bits per heavy atom. The molecule has 0 heterocycles. The topological polar surface area (TPSA) is 58.9 Å². The van der Waals surface area contributed by atoms with Crippen molar-refractivity contribution in [2.45, 2.75) is 78.4 Å². The standard InChI is InChI=1S/C20H21BrO2.C20H22O2/c1-20(2,3)23-16-9-10-17-14(12-16)6-11-18(21)19(17)13-4-7-15(22)8-5-13;1-20(2,3)22-17-11-12-19-15(13-17)5-4-6-18(19)14-7-9-16(21)10-8-14/h4-5,7-10,12,22H,6,11H2,1-3H3;6-13,21H,4-5H2,1-3H3. The molecule has 0 amide bonds. The molecule has 0 spiro atoms. The van der Waals surface area contributed by atoms with Crippen LogP contribution >= 0.6 is 15.9 Å². The van der Waals surface area contributed by atoms with E-state index in [2.05, 4.69) is 87.8 Å². The fourth-order valence-electron chi connectivity index (χ4n) is 5.75. The van der Waals surface area contributed by atoms with Gasteiger partial charge in [0, 0.05) is 4.48 Å². The quantitative estimate of drug-likeness (QED) is 0.227. The van der Waals surface area contributed by atoms with Gasteiger partial charge < -0.3 is 19.7 Å². The number of phenolic OH excluding ortho intramolecular Hbond substituents is 2. The van der Waals surface area contributed by atoms with Gasteiger partial charge in [0.15, 0.2) is 0 Å². The van der Waals surface area contributed by atoms with Crippen molar-refractivity contribution in [1.29, 1.82) is 0 Å². The van der Waals surface area contributed by atoms with Crippen molar-refractivity contribution in [2.75, 3.05) is 0 Å². The molecule has 0 aromatic heterocycles. The van der Waals surface area contributed by atoms with E-state index in [1.807, 2.05) is 36.4 Å². The highest BCUT2D eigenvalue weighted by molar-refractivity contribution is 9.11. The molecule has 234 valence electrons. The van der Waals surface area contributed by atoms with Crippen LogP contribution in [-0.4, -0.2) is 21.4 Å². The average Bonchev–Trinajstić information content (AvgIpc) is 2.97. The predicted octanol–water partition coefficient (Wildman–Crippen LogP) is 10.6. The monoisotopic (exact) mass is 666 g/mol. The first-order valence-electron chi connectivity index (χ1n) is 15.6. The van der Waals surface area contributed by atoms with E-state index in [9.17, 15) is 10.2 Å². The number of benzene rings is 4. The van der Waals surface area contributed by atoms with Gasteiger partial charge in [0.1, 0.15) is 34.2 Å². The second-order valence-electron chi connectivity index (χ2n) is 13.6. The first-order chi connectivity index (χ1) is 21.3. The summed E-state index contributed by atoms with van der Waals surface area (Å²) in [6.45, 7) is 12.4. The van der Waals surface area contributed by atoms with Crippen molar-refractivity contribution in [2.24, 2.45) is 0 Å². The van der Waals surface area contributed by atoms with E-state index >= 15 is 0 Å². The fraction of sp³-hybridized carbons (Fsp3) is 0.300. The number of aryl methyl sites for hydroxylation is 2. The zero-order chi connectivity index (χ0) is 32.4. The van der Waals surface area contributed by atoms with Gasteiger partial charge in [0.2, 0.25) is 0 Å². The van der Waals surface area contributed by atoms with Crippen LogP contribution < -0.4 is 9.47 Å². The van der Waals surface area contributed by atoms with Crippen LogP contribution in [0.5, 0.6) is 23.0 Å². The van der Waals surface area contributed by atoms with Gasteiger partial charge in [-0.15, -0.1) is 0 Å². The molecule has 0 bridgehead atoms. The first-order valence-corrected chi connectivity index (χ1v) is 16.4. The summed E-state index contributed by atoms with van der Waals surface area (Å²) in [5.74, 6) is 2.43. The van der Waals surface area contributed by atoms with Gasteiger partial charge in [0.25, 0.3) is 0 Å². The summed E-state index contributed by atoms with van der Waals surface area (Å²) in [6, 6.07) is 27.5. The molecule has 5 heteroatoms. The lowest BCUT2D eigenvalue weighted by atomic mass is 9.87. The third kappa shape index (κ3) is 8.40. The molecule has 2 N–H and O–H groups in total. The minimum Gasteiger partial charge on any atom is -0.508 e. The second kappa shape index (κ2) is 13.2. The number of hydrogen-bond acceptors (Lipinski definition) is 4. The van der Waals surface area contributed by atoms with Crippen molar-refractivity contribution in [3.05, 3.63) is 129 Å². The van der Waals surface area contributed by atoms with Crippen LogP contribution in [0.4, 0.5) is 0 Å². The van der Waals surface area contributed by atoms with Crippen LogP contribution in [-0.2, 0) is 12.8 Å². The van der Waals surface area contributed by atoms with E-state index in [1.54, 1.807) is 24.3 Å². The smallest absolute Gasteiger partial charge is 0.120 e. The van der Waals surface area contributed by atoms with E-state index in [1.165, 1.54) is 37.9 Å². The van der Waals surface area contributed by atoms with Gasteiger partial charge in [-0.25, -0.2) is 0 Å². The van der Waals surface area contributed by atoms with Gasteiger partial charge in [-0.3, -0.25) is 0 Å². The predicted molar refractivity (Wildman–Crippen MR) is 189 cm³/mol. The maximum absolute atomic E-state index is 9.52. The van der Waals surface area contributed by atoms with Crippen molar-refractivity contribution in [3.8, 4) is 23.0 Å². The Morgan fingerprint density at radius 3 is 1.60 bits per heavy atom. The van der Waals surface area contributed by atoms with E-state index in [0.717, 1.165) is 48.3 Å². The molecule has 0 radical (unpaired) electrons. The summed E-state index contributed by atoms with van der Waals surface area (Å²) >= 11 is 3.73. The summed E-state index contributed by atoms with van der Waals surface area (Å²) < 4.78 is 13.2. The minimum atomic E-state index is -0.195. The van der Waals surface area contributed by atoms with Crippen LogP contribution in [0, 0.1) is 0 Å². The van der Waals surface area contributed by atoms with Crippen molar-refractivity contribution in [3.63, 3.8) is 0 Å². The van der Waals surface area contributed by atoms with Crippen LogP contribution in [0.1, 0.15) is 87.8 Å². The summed E-state index contributed by atoms with van der Waals surface area (Å²) in [5.41, 5.74) is 9.44. The summed E-state index contributed by atoms with van der Waals surface area (Å²) in [6.07, 6.45) is 6.32. The molecule has 0 aliphatic heterocycles. The summed E-state index contributed by atoms with van der Waals surface area (Å²) in [7, 11) is 0. The van der Waals surface area contributed by atoms with Crippen molar-refractivity contribution in [1.82, 2.24) is 0 Å². The van der Waals surface area contributed by atoms with Gasteiger partial charge >= 0.3 is 0 Å². The molecule has 6 rings (SSSR count). The Labute approximate surface area is 276 Å². The third-order valence-electron chi connectivity index (χ3n) is 7.54. The van der Waals surface area contributed by atoms with Crippen LogP contribution in [0.2, 0.25) is 0 Å². The number of fused-ring (bicyclic) bond motifs is 2. The molecule has 0 atom stereocenters. The minimum absolute atomic E-state index is 0.182. The van der Waals surface area contributed by atoms with Crippen molar-refractivity contribution < 1.29 is 19.7 Å². The zero-order valence-electron chi connectivity index (χ0n) is 27.1. The van der Waals surface area contributed by atoms with Gasteiger partial charge in [0.05, 0.1) is 0 Å². The van der Waals surface area contributed by atoms with Crippen LogP contribution in [0.3, 0.4) is 0 Å². The third-order valence-corrected chi connectivity index (χ3v) is 8.34. The number of phenols is 2. The van der Waals surface area contributed by atoms with Gasteiger partial charge in [-0.2, -0.15) is 0 Å². The highest BCUT2D eigenvalue weighted by Gasteiger charge is 2.21.